The van der Waals surface area contributed by atoms with Crippen LogP contribution in [0, 0.1) is 0 Å². The van der Waals surface area contributed by atoms with Gasteiger partial charge in [-0.3, -0.25) is 9.59 Å². The number of nitrogens with one attached hydrogen (secondary N) is 1. The minimum atomic E-state index is -0.237. The van der Waals surface area contributed by atoms with E-state index in [-0.39, 0.29) is 11.8 Å². The second kappa shape index (κ2) is 8.60. The highest BCUT2D eigenvalue weighted by atomic mass is 35.5. The maximum atomic E-state index is 12.4. The van der Waals surface area contributed by atoms with Gasteiger partial charge in [0.1, 0.15) is 0 Å². The lowest BCUT2D eigenvalue weighted by Crippen LogP contribution is -2.36. The van der Waals surface area contributed by atoms with Crippen molar-refractivity contribution in [3.8, 4) is 0 Å². The first-order valence-electron chi connectivity index (χ1n) is 8.53. The standard InChI is InChI=1S/C20H21ClN2O2S/c1-26-11-9-19(24)23-10-8-14-6-7-16(12-15(14)13-23)22-20(25)17-4-2-3-5-18(17)21/h2-7,12H,8-11,13H2,1H3,(H,22,25). The first-order chi connectivity index (χ1) is 12.6. The van der Waals surface area contributed by atoms with Crippen LogP contribution in [0.4, 0.5) is 5.69 Å². The van der Waals surface area contributed by atoms with Crippen LogP contribution in [0.5, 0.6) is 0 Å². The smallest absolute Gasteiger partial charge is 0.257 e. The monoisotopic (exact) mass is 388 g/mol. The third-order valence-electron chi connectivity index (χ3n) is 4.47. The number of carbonyl (C=O) groups is 2. The van der Waals surface area contributed by atoms with Gasteiger partial charge in [-0.2, -0.15) is 11.8 Å². The number of carbonyl (C=O) groups excluding carboxylic acids is 2. The fourth-order valence-corrected chi connectivity index (χ4v) is 3.64. The minimum Gasteiger partial charge on any atom is -0.338 e. The highest BCUT2D eigenvalue weighted by Gasteiger charge is 2.21. The summed E-state index contributed by atoms with van der Waals surface area (Å²) < 4.78 is 0. The van der Waals surface area contributed by atoms with Gasteiger partial charge >= 0.3 is 0 Å². The number of hydrogen-bond acceptors (Lipinski definition) is 3. The molecule has 0 unspecified atom stereocenters. The molecule has 26 heavy (non-hydrogen) atoms. The summed E-state index contributed by atoms with van der Waals surface area (Å²) in [5.41, 5.74) is 3.48. The summed E-state index contributed by atoms with van der Waals surface area (Å²) in [6.07, 6.45) is 3.42. The van der Waals surface area contributed by atoms with Gasteiger partial charge in [0.2, 0.25) is 5.91 Å². The molecule has 0 spiro atoms. The lowest BCUT2D eigenvalue weighted by atomic mass is 9.98. The van der Waals surface area contributed by atoms with E-state index in [1.54, 1.807) is 36.0 Å². The molecular weight excluding hydrogens is 368 g/mol. The predicted molar refractivity (Wildman–Crippen MR) is 108 cm³/mol. The van der Waals surface area contributed by atoms with Crippen LogP contribution in [-0.4, -0.2) is 35.3 Å². The van der Waals surface area contributed by atoms with Crippen molar-refractivity contribution < 1.29 is 9.59 Å². The fraction of sp³-hybridized carbons (Fsp3) is 0.300. The Hall–Kier alpha value is -1.98. The van der Waals surface area contributed by atoms with Gasteiger partial charge < -0.3 is 10.2 Å². The molecule has 2 aromatic rings. The zero-order chi connectivity index (χ0) is 18.5. The summed E-state index contributed by atoms with van der Waals surface area (Å²) in [5, 5.41) is 3.32. The van der Waals surface area contributed by atoms with Crippen LogP contribution in [0.2, 0.25) is 5.02 Å². The van der Waals surface area contributed by atoms with Crippen molar-refractivity contribution in [2.75, 3.05) is 23.9 Å². The van der Waals surface area contributed by atoms with E-state index in [2.05, 4.69) is 5.32 Å². The van der Waals surface area contributed by atoms with Crippen molar-refractivity contribution in [3.05, 3.63) is 64.2 Å². The number of nitrogens with zero attached hydrogens (tertiary/aromatic N) is 1. The largest absolute Gasteiger partial charge is 0.338 e. The molecule has 0 aliphatic carbocycles. The molecule has 1 aliphatic heterocycles. The van der Waals surface area contributed by atoms with Crippen molar-refractivity contribution in [2.24, 2.45) is 0 Å². The molecular formula is C20H21ClN2O2S. The average molecular weight is 389 g/mol. The molecule has 1 aliphatic rings. The van der Waals surface area contributed by atoms with Crippen LogP contribution in [-0.2, 0) is 17.8 Å². The molecule has 0 radical (unpaired) electrons. The molecule has 136 valence electrons. The Kier molecular flexibility index (Phi) is 6.22. The number of amides is 2. The maximum absolute atomic E-state index is 12.4. The van der Waals surface area contributed by atoms with Gasteiger partial charge in [0.05, 0.1) is 10.6 Å². The third kappa shape index (κ3) is 4.40. The molecule has 2 aromatic carbocycles. The van der Waals surface area contributed by atoms with Crippen LogP contribution in [0.15, 0.2) is 42.5 Å². The third-order valence-corrected chi connectivity index (χ3v) is 5.41. The molecule has 4 nitrogen and oxygen atoms in total. The van der Waals surface area contributed by atoms with Crippen molar-refractivity contribution in [3.63, 3.8) is 0 Å². The number of anilines is 1. The van der Waals surface area contributed by atoms with Crippen LogP contribution >= 0.6 is 23.4 Å². The molecule has 2 amide bonds. The van der Waals surface area contributed by atoms with Crippen molar-refractivity contribution in [1.29, 1.82) is 0 Å². The van der Waals surface area contributed by atoms with Crippen LogP contribution in [0.3, 0.4) is 0 Å². The van der Waals surface area contributed by atoms with Gasteiger partial charge in [-0.15, -0.1) is 0 Å². The Labute approximate surface area is 162 Å². The molecule has 6 heteroatoms. The molecule has 0 bridgehead atoms. The second-order valence-electron chi connectivity index (χ2n) is 6.23. The van der Waals surface area contributed by atoms with Gasteiger partial charge in [-0.05, 0) is 48.1 Å². The van der Waals surface area contributed by atoms with Crippen molar-refractivity contribution in [1.82, 2.24) is 4.90 Å². The normalized spacial score (nSPS) is 13.2. The van der Waals surface area contributed by atoms with Gasteiger partial charge in [0, 0.05) is 31.0 Å². The highest BCUT2D eigenvalue weighted by Crippen LogP contribution is 2.24. The fourth-order valence-electron chi connectivity index (χ4n) is 3.04. The van der Waals surface area contributed by atoms with E-state index >= 15 is 0 Å². The van der Waals surface area contributed by atoms with E-state index in [0.29, 0.717) is 29.2 Å². The molecule has 0 saturated carbocycles. The zero-order valence-corrected chi connectivity index (χ0v) is 16.2. The molecule has 0 aromatic heterocycles. The summed E-state index contributed by atoms with van der Waals surface area (Å²) in [6.45, 7) is 1.35. The molecule has 0 atom stereocenters. The lowest BCUT2D eigenvalue weighted by Gasteiger charge is -2.29. The van der Waals surface area contributed by atoms with Crippen molar-refractivity contribution in [2.45, 2.75) is 19.4 Å². The van der Waals surface area contributed by atoms with E-state index < -0.39 is 0 Å². The second-order valence-corrected chi connectivity index (χ2v) is 7.62. The SMILES string of the molecule is CSCCC(=O)N1CCc2ccc(NC(=O)c3ccccc3Cl)cc2C1. The van der Waals surface area contributed by atoms with Gasteiger partial charge in [0.15, 0.2) is 0 Å². The lowest BCUT2D eigenvalue weighted by molar-refractivity contribution is -0.131. The van der Waals surface area contributed by atoms with E-state index in [1.165, 1.54) is 5.56 Å². The minimum absolute atomic E-state index is 0.190. The summed E-state index contributed by atoms with van der Waals surface area (Å²) in [6, 6.07) is 12.9. The first kappa shape index (κ1) is 18.8. The van der Waals surface area contributed by atoms with Crippen molar-refractivity contribution >= 4 is 40.9 Å². The van der Waals surface area contributed by atoms with Crippen LogP contribution < -0.4 is 5.32 Å². The topological polar surface area (TPSA) is 49.4 Å². The first-order valence-corrected chi connectivity index (χ1v) is 10.3. The predicted octanol–water partition coefficient (Wildman–Crippen LogP) is 4.23. The summed E-state index contributed by atoms with van der Waals surface area (Å²) >= 11 is 7.77. The van der Waals surface area contributed by atoms with E-state index in [9.17, 15) is 9.59 Å². The molecule has 1 N–H and O–H groups in total. The van der Waals surface area contributed by atoms with Crippen LogP contribution in [0.25, 0.3) is 0 Å². The number of benzene rings is 2. The molecule has 1 heterocycles. The van der Waals surface area contributed by atoms with Gasteiger partial charge in [-0.25, -0.2) is 0 Å². The average Bonchev–Trinajstić information content (AvgIpc) is 2.65. The Balaban J connectivity index is 1.72. The number of fused-ring (bicyclic) bond motifs is 1. The Morgan fingerprint density at radius 1 is 1.19 bits per heavy atom. The molecule has 0 saturated heterocycles. The Bertz CT molecular complexity index is 825. The summed E-state index contributed by atoms with van der Waals surface area (Å²) in [7, 11) is 0. The number of thioether (sulfide) groups is 1. The highest BCUT2D eigenvalue weighted by molar-refractivity contribution is 7.98. The quantitative estimate of drug-likeness (QED) is 0.833. The molecule has 0 fully saturated rings. The van der Waals surface area contributed by atoms with Crippen LogP contribution in [0.1, 0.15) is 27.9 Å². The number of halogens is 1. The maximum Gasteiger partial charge on any atom is 0.257 e. The zero-order valence-electron chi connectivity index (χ0n) is 14.6. The summed E-state index contributed by atoms with van der Waals surface area (Å²) in [5.74, 6) is 0.797. The van der Waals surface area contributed by atoms with E-state index in [4.69, 9.17) is 11.6 Å². The van der Waals surface area contributed by atoms with Gasteiger partial charge in [-0.1, -0.05) is 29.8 Å². The molecule has 3 rings (SSSR count). The van der Waals surface area contributed by atoms with E-state index in [1.807, 2.05) is 29.4 Å². The number of hydrogen-bond donors (Lipinski definition) is 1. The Morgan fingerprint density at radius 3 is 2.77 bits per heavy atom. The summed E-state index contributed by atoms with van der Waals surface area (Å²) in [4.78, 5) is 26.6. The van der Waals surface area contributed by atoms with E-state index in [0.717, 1.165) is 24.3 Å². The number of rotatable bonds is 5. The Morgan fingerprint density at radius 2 is 2.00 bits per heavy atom. The van der Waals surface area contributed by atoms with Gasteiger partial charge in [0.25, 0.3) is 5.91 Å².